The van der Waals surface area contributed by atoms with Crippen molar-refractivity contribution in [1.29, 1.82) is 0 Å². The van der Waals surface area contributed by atoms with E-state index >= 15 is 0 Å². The van der Waals surface area contributed by atoms with E-state index < -0.39 is 0 Å². The lowest BCUT2D eigenvalue weighted by Crippen LogP contribution is -2.35. The lowest BCUT2D eigenvalue weighted by atomic mass is 9.95. The number of piperidine rings is 1. The molecule has 1 N–H and O–H groups in total. The standard InChI is InChI=1S/C17H19BrN4O/c1-11-3-4-16(18)21-12(11)7-14(23)13-8-17(9-15(17)20-13)10-22-6-2-5-19-22/h2-6,13,15,20H,7-10H2,1H3/t13-,15+,17-/m0/s1. The first-order valence-electron chi connectivity index (χ1n) is 7.94. The maximum absolute atomic E-state index is 12.6. The summed E-state index contributed by atoms with van der Waals surface area (Å²) in [6.45, 7) is 2.90. The molecule has 120 valence electrons. The molecule has 0 amide bonds. The van der Waals surface area contributed by atoms with Gasteiger partial charge in [0.25, 0.3) is 0 Å². The van der Waals surface area contributed by atoms with Crippen molar-refractivity contribution >= 4 is 21.7 Å². The van der Waals surface area contributed by atoms with Crippen molar-refractivity contribution in [3.05, 3.63) is 46.5 Å². The number of nitrogens with one attached hydrogen (secondary N) is 1. The minimum absolute atomic E-state index is 0.0514. The molecule has 6 heteroatoms. The van der Waals surface area contributed by atoms with E-state index in [4.69, 9.17) is 0 Å². The molecule has 3 atom stereocenters. The Hall–Kier alpha value is -1.53. The predicted molar refractivity (Wildman–Crippen MR) is 90.0 cm³/mol. The van der Waals surface area contributed by atoms with E-state index in [1.54, 1.807) is 6.20 Å². The molecular weight excluding hydrogens is 356 g/mol. The van der Waals surface area contributed by atoms with Gasteiger partial charge in [-0.25, -0.2) is 4.98 Å². The van der Waals surface area contributed by atoms with Crippen LogP contribution in [0.15, 0.2) is 35.2 Å². The van der Waals surface area contributed by atoms with Crippen LogP contribution < -0.4 is 5.32 Å². The van der Waals surface area contributed by atoms with Gasteiger partial charge >= 0.3 is 0 Å². The van der Waals surface area contributed by atoms with Crippen molar-refractivity contribution in [2.24, 2.45) is 5.41 Å². The maximum atomic E-state index is 12.6. The largest absolute Gasteiger partial charge is 0.304 e. The van der Waals surface area contributed by atoms with Crippen molar-refractivity contribution in [1.82, 2.24) is 20.1 Å². The molecule has 5 nitrogen and oxygen atoms in total. The highest BCUT2D eigenvalue weighted by atomic mass is 79.9. The van der Waals surface area contributed by atoms with Gasteiger partial charge in [0.2, 0.25) is 0 Å². The van der Waals surface area contributed by atoms with Crippen LogP contribution >= 0.6 is 15.9 Å². The molecular formula is C17H19BrN4O. The van der Waals surface area contributed by atoms with Crippen LogP contribution in [0, 0.1) is 12.3 Å². The first kappa shape index (κ1) is 15.0. The monoisotopic (exact) mass is 374 g/mol. The second-order valence-electron chi connectivity index (χ2n) is 6.79. The van der Waals surface area contributed by atoms with Crippen LogP contribution in [-0.4, -0.2) is 32.6 Å². The third-order valence-corrected chi connectivity index (χ3v) is 5.58. The number of halogens is 1. The fourth-order valence-electron chi connectivity index (χ4n) is 3.69. The number of hydrogen-bond donors (Lipinski definition) is 1. The number of aryl methyl sites for hydroxylation is 1. The van der Waals surface area contributed by atoms with Gasteiger partial charge in [-0.3, -0.25) is 9.48 Å². The van der Waals surface area contributed by atoms with Crippen LogP contribution in [0.4, 0.5) is 0 Å². The molecule has 1 saturated heterocycles. The van der Waals surface area contributed by atoms with Gasteiger partial charge < -0.3 is 5.32 Å². The Labute approximate surface area is 143 Å². The van der Waals surface area contributed by atoms with E-state index in [0.717, 1.165) is 35.2 Å². The van der Waals surface area contributed by atoms with E-state index in [1.807, 2.05) is 36.0 Å². The Bertz CT molecular complexity index is 745. The average Bonchev–Trinajstić information content (AvgIpc) is 2.90. The molecule has 4 rings (SSSR count). The fraction of sp³-hybridized carbons (Fsp3) is 0.471. The summed E-state index contributed by atoms with van der Waals surface area (Å²) in [4.78, 5) is 17.1. The van der Waals surface area contributed by atoms with Gasteiger partial charge in [-0.2, -0.15) is 5.10 Å². The molecule has 3 heterocycles. The molecule has 2 aromatic heterocycles. The molecule has 2 fully saturated rings. The van der Waals surface area contributed by atoms with Crippen molar-refractivity contribution < 1.29 is 4.79 Å². The van der Waals surface area contributed by atoms with Gasteiger partial charge in [0.15, 0.2) is 5.78 Å². The highest BCUT2D eigenvalue weighted by Gasteiger charge is 2.61. The molecule has 1 saturated carbocycles. The van der Waals surface area contributed by atoms with Crippen LogP contribution in [0.2, 0.25) is 0 Å². The number of carbonyl (C=O) groups excluding carboxylic acids is 1. The lowest BCUT2D eigenvalue weighted by Gasteiger charge is -2.16. The zero-order valence-electron chi connectivity index (χ0n) is 13.0. The number of nitrogens with zero attached hydrogens (tertiary/aromatic N) is 3. The molecule has 1 aliphatic heterocycles. The highest BCUT2D eigenvalue weighted by molar-refractivity contribution is 9.10. The Morgan fingerprint density at radius 3 is 3.13 bits per heavy atom. The highest BCUT2D eigenvalue weighted by Crippen LogP contribution is 2.55. The van der Waals surface area contributed by atoms with Crippen LogP contribution in [0.5, 0.6) is 0 Å². The topological polar surface area (TPSA) is 59.8 Å². The number of rotatable bonds is 5. The zero-order chi connectivity index (χ0) is 16.0. The molecule has 23 heavy (non-hydrogen) atoms. The molecule has 2 aromatic rings. The third kappa shape index (κ3) is 2.85. The SMILES string of the molecule is Cc1ccc(Br)nc1CC(=O)[C@@H]1C[C@@]2(Cn3cccn3)C[C@H]2N1. The lowest BCUT2D eigenvalue weighted by molar-refractivity contribution is -0.120. The van der Waals surface area contributed by atoms with Gasteiger partial charge in [-0.15, -0.1) is 0 Å². The molecule has 1 aliphatic carbocycles. The molecule has 0 aromatic carbocycles. The summed E-state index contributed by atoms with van der Waals surface area (Å²) in [5.74, 6) is 0.241. The number of Topliss-reactive ketones (excluding diaryl/α,β-unsaturated/α-hetero) is 1. The third-order valence-electron chi connectivity index (χ3n) is 5.14. The number of hydrogen-bond acceptors (Lipinski definition) is 4. The predicted octanol–water partition coefficient (Wildman–Crippen LogP) is 2.28. The van der Waals surface area contributed by atoms with Crippen molar-refractivity contribution in [2.75, 3.05) is 0 Å². The van der Waals surface area contributed by atoms with Crippen LogP contribution in [0.3, 0.4) is 0 Å². The summed E-state index contributed by atoms with van der Waals surface area (Å²) < 4.78 is 2.76. The van der Waals surface area contributed by atoms with E-state index in [-0.39, 0.29) is 17.2 Å². The second kappa shape index (κ2) is 5.53. The number of pyridine rings is 1. The Kier molecular flexibility index (Phi) is 3.61. The van der Waals surface area contributed by atoms with Crippen LogP contribution in [-0.2, 0) is 17.8 Å². The van der Waals surface area contributed by atoms with Crippen molar-refractivity contribution in [2.45, 2.75) is 44.8 Å². The van der Waals surface area contributed by atoms with Gasteiger partial charge in [0.05, 0.1) is 18.2 Å². The van der Waals surface area contributed by atoms with Crippen LogP contribution in [0.1, 0.15) is 24.1 Å². The van der Waals surface area contributed by atoms with E-state index in [0.29, 0.717) is 12.5 Å². The van der Waals surface area contributed by atoms with Gasteiger partial charge in [0.1, 0.15) is 4.60 Å². The quantitative estimate of drug-likeness (QED) is 0.815. The maximum Gasteiger partial charge on any atom is 0.155 e. The Morgan fingerprint density at radius 1 is 1.48 bits per heavy atom. The second-order valence-corrected chi connectivity index (χ2v) is 7.60. The summed E-state index contributed by atoms with van der Waals surface area (Å²) in [6.07, 6.45) is 6.25. The fourth-order valence-corrected chi connectivity index (χ4v) is 4.04. The van der Waals surface area contributed by atoms with Crippen LogP contribution in [0.25, 0.3) is 0 Å². The summed E-state index contributed by atoms with van der Waals surface area (Å²) in [5, 5.41) is 7.80. The minimum Gasteiger partial charge on any atom is -0.304 e. The van der Waals surface area contributed by atoms with Gasteiger partial charge in [-0.1, -0.05) is 6.07 Å². The normalized spacial score (nSPS) is 28.6. The zero-order valence-corrected chi connectivity index (χ0v) is 14.6. The van der Waals surface area contributed by atoms with Crippen molar-refractivity contribution in [3.8, 4) is 0 Å². The van der Waals surface area contributed by atoms with E-state index in [9.17, 15) is 4.79 Å². The molecule has 0 bridgehead atoms. The van der Waals surface area contributed by atoms with E-state index in [2.05, 4.69) is 31.3 Å². The number of fused-ring (bicyclic) bond motifs is 1. The van der Waals surface area contributed by atoms with E-state index in [1.165, 1.54) is 0 Å². The Morgan fingerprint density at radius 2 is 2.35 bits per heavy atom. The number of aromatic nitrogens is 3. The average molecular weight is 375 g/mol. The molecule has 0 radical (unpaired) electrons. The van der Waals surface area contributed by atoms with Crippen molar-refractivity contribution in [3.63, 3.8) is 0 Å². The molecule has 2 aliphatic rings. The summed E-state index contributed by atoms with van der Waals surface area (Å²) >= 11 is 3.38. The molecule has 0 unspecified atom stereocenters. The summed E-state index contributed by atoms with van der Waals surface area (Å²) in [5.41, 5.74) is 2.15. The minimum atomic E-state index is -0.0514. The molecule has 0 spiro atoms. The van der Waals surface area contributed by atoms with Gasteiger partial charge in [-0.05, 0) is 53.4 Å². The smallest absolute Gasteiger partial charge is 0.155 e. The number of ketones is 1. The van der Waals surface area contributed by atoms with Gasteiger partial charge in [0, 0.05) is 30.4 Å². The summed E-state index contributed by atoms with van der Waals surface area (Å²) in [7, 11) is 0. The number of carbonyl (C=O) groups is 1. The first-order valence-corrected chi connectivity index (χ1v) is 8.73. The Balaban J connectivity index is 1.42. The first-order chi connectivity index (χ1) is 11.1. The summed E-state index contributed by atoms with van der Waals surface area (Å²) in [6, 6.07) is 6.26.